The van der Waals surface area contributed by atoms with Gasteiger partial charge in [0, 0.05) is 6.42 Å². The highest BCUT2D eigenvalue weighted by Gasteiger charge is 2.35. The fraction of sp³-hybridized carbons (Fsp3) is 0.833. The molecule has 11 heavy (non-hydrogen) atoms. The van der Waals surface area contributed by atoms with Crippen LogP contribution >= 0.6 is 0 Å². The molecular weight excluding hydrogens is 152 g/mol. The number of hydrogen-bond donors (Lipinski definition) is 3. The summed E-state index contributed by atoms with van der Waals surface area (Å²) in [6.07, 6.45) is -3.17. The average molecular weight is 162 g/mol. The van der Waals surface area contributed by atoms with Gasteiger partial charge < -0.3 is 20.1 Å². The lowest BCUT2D eigenvalue weighted by atomic mass is 10.0. The summed E-state index contributed by atoms with van der Waals surface area (Å²) in [4.78, 5) is 10.6. The van der Waals surface area contributed by atoms with Crippen LogP contribution < -0.4 is 0 Å². The Labute approximate surface area is 63.2 Å². The van der Waals surface area contributed by atoms with E-state index in [-0.39, 0.29) is 13.0 Å². The van der Waals surface area contributed by atoms with Crippen molar-refractivity contribution in [3.63, 3.8) is 0 Å². The Hall–Kier alpha value is -0.650. The van der Waals surface area contributed by atoms with Gasteiger partial charge in [0.15, 0.2) is 6.10 Å². The molecule has 0 bridgehead atoms. The third-order valence-corrected chi connectivity index (χ3v) is 1.60. The zero-order valence-corrected chi connectivity index (χ0v) is 5.80. The zero-order chi connectivity index (χ0) is 8.43. The predicted octanol–water partition coefficient (Wildman–Crippen LogP) is -1.98. The van der Waals surface area contributed by atoms with Gasteiger partial charge in [-0.15, -0.1) is 0 Å². The summed E-state index contributed by atoms with van der Waals surface area (Å²) in [5.74, 6) is -0.872. The molecule has 5 nitrogen and oxygen atoms in total. The van der Waals surface area contributed by atoms with Crippen LogP contribution in [0.15, 0.2) is 0 Å². The van der Waals surface area contributed by atoms with E-state index in [0.717, 1.165) is 0 Å². The summed E-state index contributed by atoms with van der Waals surface area (Å²) in [6.45, 7) is -0.324. The van der Waals surface area contributed by atoms with E-state index in [1.165, 1.54) is 0 Å². The number of aliphatic hydroxyl groups excluding tert-OH is 3. The molecule has 5 heteroatoms. The summed E-state index contributed by atoms with van der Waals surface area (Å²) in [5, 5.41) is 26.4. The highest BCUT2D eigenvalue weighted by molar-refractivity contribution is 5.76. The number of esters is 1. The Morgan fingerprint density at radius 3 is 2.64 bits per heavy atom. The second kappa shape index (κ2) is 3.17. The molecule has 3 atom stereocenters. The third kappa shape index (κ3) is 1.68. The predicted molar refractivity (Wildman–Crippen MR) is 33.6 cm³/mol. The van der Waals surface area contributed by atoms with Crippen LogP contribution in [-0.4, -0.2) is 46.2 Å². The van der Waals surface area contributed by atoms with E-state index in [2.05, 4.69) is 4.74 Å². The Kier molecular flexibility index (Phi) is 2.43. The van der Waals surface area contributed by atoms with Crippen molar-refractivity contribution in [1.29, 1.82) is 0 Å². The molecule has 0 spiro atoms. The maximum absolute atomic E-state index is 10.6. The Bertz CT molecular complexity index is 157. The molecular formula is C6H10O5. The molecule has 0 aromatic rings. The van der Waals surface area contributed by atoms with Gasteiger partial charge in [0.05, 0.1) is 12.7 Å². The minimum absolute atomic E-state index is 0.0867. The largest absolute Gasteiger partial charge is 0.458 e. The van der Waals surface area contributed by atoms with E-state index in [1.54, 1.807) is 0 Å². The molecule has 1 fully saturated rings. The first-order chi connectivity index (χ1) is 5.15. The molecule has 1 heterocycles. The van der Waals surface area contributed by atoms with Gasteiger partial charge in [0.2, 0.25) is 0 Å². The van der Waals surface area contributed by atoms with Crippen molar-refractivity contribution < 1.29 is 24.9 Å². The molecule has 1 aliphatic rings. The SMILES string of the molecule is O=C1O[C@H](CO)C[C@H](O)[C@@H]1O. The Balaban J connectivity index is 2.54. The van der Waals surface area contributed by atoms with E-state index in [0.29, 0.717) is 0 Å². The zero-order valence-electron chi connectivity index (χ0n) is 5.80. The van der Waals surface area contributed by atoms with Crippen molar-refractivity contribution in [2.24, 2.45) is 0 Å². The van der Waals surface area contributed by atoms with Crippen molar-refractivity contribution >= 4 is 5.97 Å². The number of carbonyl (C=O) groups is 1. The second-order valence-corrected chi connectivity index (χ2v) is 2.49. The van der Waals surface area contributed by atoms with Crippen molar-refractivity contribution in [2.45, 2.75) is 24.7 Å². The van der Waals surface area contributed by atoms with Gasteiger partial charge in [-0.25, -0.2) is 4.79 Å². The van der Waals surface area contributed by atoms with Gasteiger partial charge in [-0.1, -0.05) is 0 Å². The monoisotopic (exact) mass is 162 g/mol. The minimum Gasteiger partial charge on any atom is -0.458 e. The summed E-state index contributed by atoms with van der Waals surface area (Å²) in [7, 11) is 0. The standard InChI is InChI=1S/C6H10O5/c7-2-3-1-4(8)5(9)6(10)11-3/h3-5,7-9H,1-2H2/t3-,4-,5-/m0/s1. The first kappa shape index (κ1) is 8.45. The van der Waals surface area contributed by atoms with E-state index in [4.69, 9.17) is 15.3 Å². The summed E-state index contributed by atoms with van der Waals surface area (Å²) < 4.78 is 4.52. The molecule has 0 aromatic carbocycles. The number of ether oxygens (including phenoxy) is 1. The van der Waals surface area contributed by atoms with Crippen molar-refractivity contribution in [3.05, 3.63) is 0 Å². The first-order valence-corrected chi connectivity index (χ1v) is 3.32. The van der Waals surface area contributed by atoms with Crippen molar-refractivity contribution in [3.8, 4) is 0 Å². The van der Waals surface area contributed by atoms with Crippen LogP contribution in [0, 0.1) is 0 Å². The molecule has 3 N–H and O–H groups in total. The normalized spacial score (nSPS) is 38.5. The topological polar surface area (TPSA) is 87.0 Å². The molecule has 1 rings (SSSR count). The molecule has 1 aliphatic heterocycles. The van der Waals surface area contributed by atoms with Crippen LogP contribution in [0.4, 0.5) is 0 Å². The summed E-state index contributed by atoms with van der Waals surface area (Å²) >= 11 is 0. The number of aliphatic hydroxyl groups is 3. The number of hydrogen-bond acceptors (Lipinski definition) is 5. The van der Waals surface area contributed by atoms with Crippen molar-refractivity contribution in [1.82, 2.24) is 0 Å². The van der Waals surface area contributed by atoms with Gasteiger partial charge in [-0.3, -0.25) is 0 Å². The molecule has 0 radical (unpaired) electrons. The van der Waals surface area contributed by atoms with E-state index in [9.17, 15) is 4.79 Å². The third-order valence-electron chi connectivity index (χ3n) is 1.60. The van der Waals surface area contributed by atoms with Gasteiger partial charge in [0.25, 0.3) is 0 Å². The smallest absolute Gasteiger partial charge is 0.338 e. The highest BCUT2D eigenvalue weighted by Crippen LogP contribution is 2.14. The Morgan fingerprint density at radius 2 is 2.18 bits per heavy atom. The van der Waals surface area contributed by atoms with E-state index >= 15 is 0 Å². The minimum atomic E-state index is -1.46. The molecule has 0 unspecified atom stereocenters. The quantitative estimate of drug-likeness (QED) is 0.389. The fourth-order valence-electron chi connectivity index (χ4n) is 0.949. The maximum atomic E-state index is 10.6. The molecule has 0 aliphatic carbocycles. The number of cyclic esters (lactones) is 1. The van der Waals surface area contributed by atoms with Crippen LogP contribution in [0.5, 0.6) is 0 Å². The molecule has 0 aromatic heterocycles. The van der Waals surface area contributed by atoms with Gasteiger partial charge in [-0.05, 0) is 0 Å². The lowest BCUT2D eigenvalue weighted by Crippen LogP contribution is -2.46. The van der Waals surface area contributed by atoms with E-state index in [1.807, 2.05) is 0 Å². The van der Waals surface area contributed by atoms with Crippen molar-refractivity contribution in [2.75, 3.05) is 6.61 Å². The van der Waals surface area contributed by atoms with Crippen LogP contribution in [0.3, 0.4) is 0 Å². The first-order valence-electron chi connectivity index (χ1n) is 3.32. The average Bonchev–Trinajstić information content (AvgIpc) is 1.99. The van der Waals surface area contributed by atoms with Crippen LogP contribution in [0.1, 0.15) is 6.42 Å². The highest BCUT2D eigenvalue weighted by atomic mass is 16.6. The summed E-state index contributed by atoms with van der Waals surface area (Å²) in [5.41, 5.74) is 0. The molecule has 64 valence electrons. The number of rotatable bonds is 1. The van der Waals surface area contributed by atoms with Crippen LogP contribution in [-0.2, 0) is 9.53 Å². The summed E-state index contributed by atoms with van der Waals surface area (Å²) in [6, 6.07) is 0. The van der Waals surface area contributed by atoms with Gasteiger partial charge >= 0.3 is 5.97 Å². The van der Waals surface area contributed by atoms with Gasteiger partial charge in [0.1, 0.15) is 6.10 Å². The van der Waals surface area contributed by atoms with Crippen LogP contribution in [0.2, 0.25) is 0 Å². The van der Waals surface area contributed by atoms with E-state index < -0.39 is 24.3 Å². The Morgan fingerprint density at radius 1 is 1.55 bits per heavy atom. The van der Waals surface area contributed by atoms with Crippen LogP contribution in [0.25, 0.3) is 0 Å². The lowest BCUT2D eigenvalue weighted by molar-refractivity contribution is -0.181. The van der Waals surface area contributed by atoms with Gasteiger partial charge in [-0.2, -0.15) is 0 Å². The second-order valence-electron chi connectivity index (χ2n) is 2.49. The fourth-order valence-corrected chi connectivity index (χ4v) is 0.949. The maximum Gasteiger partial charge on any atom is 0.338 e. The molecule has 0 saturated carbocycles. The molecule has 1 saturated heterocycles. The lowest BCUT2D eigenvalue weighted by Gasteiger charge is -2.27. The molecule has 0 amide bonds. The number of carbonyl (C=O) groups excluding carboxylic acids is 1.